The first kappa shape index (κ1) is 16.3. The van der Waals surface area contributed by atoms with E-state index in [2.05, 4.69) is 58.0 Å². The van der Waals surface area contributed by atoms with E-state index in [0.717, 1.165) is 24.6 Å². The van der Waals surface area contributed by atoms with Crippen LogP contribution in [-0.4, -0.2) is 16.7 Å². The summed E-state index contributed by atoms with van der Waals surface area (Å²) >= 11 is 1.60. The number of halogens is 1. The quantitative estimate of drug-likeness (QED) is 0.710. The maximum Gasteiger partial charge on any atom is 0.276 e. The Morgan fingerprint density at radius 2 is 2.00 bits per heavy atom. The van der Waals surface area contributed by atoms with Gasteiger partial charge in [-0.05, 0) is 35.7 Å². The summed E-state index contributed by atoms with van der Waals surface area (Å²) in [6.07, 6.45) is 2.25. The number of hydrogen-bond acceptors (Lipinski definition) is 5. The summed E-state index contributed by atoms with van der Waals surface area (Å²) in [6, 6.07) is 15.1. The molecule has 0 unspecified atom stereocenters. The molecule has 1 fully saturated rings. The van der Waals surface area contributed by atoms with E-state index in [1.165, 1.54) is 22.8 Å². The fraction of sp³-hybridized carbons (Fsp3) is 0.294. The number of rotatable bonds is 4. The monoisotopic (exact) mass is 347 g/mol. The van der Waals surface area contributed by atoms with Crippen LogP contribution in [0.2, 0.25) is 0 Å². The fourth-order valence-electron chi connectivity index (χ4n) is 2.87. The summed E-state index contributed by atoms with van der Waals surface area (Å²) in [5.74, 6) is 1.55. The van der Waals surface area contributed by atoms with Gasteiger partial charge in [-0.2, -0.15) is 0 Å². The van der Waals surface area contributed by atoms with Crippen molar-refractivity contribution in [1.82, 2.24) is 15.5 Å². The van der Waals surface area contributed by atoms with Gasteiger partial charge in [-0.15, -0.1) is 22.6 Å². The lowest BCUT2D eigenvalue weighted by atomic mass is 10.1. The molecule has 1 aliphatic heterocycles. The molecule has 0 amide bonds. The van der Waals surface area contributed by atoms with E-state index in [4.69, 9.17) is 4.42 Å². The first-order valence-corrected chi connectivity index (χ1v) is 8.55. The largest absolute Gasteiger partial charge is 0.414 e. The fourth-order valence-corrected chi connectivity index (χ4v) is 3.65. The molecule has 1 atom stereocenters. The van der Waals surface area contributed by atoms with Crippen LogP contribution in [0.15, 0.2) is 52.1 Å². The summed E-state index contributed by atoms with van der Waals surface area (Å²) in [5, 5.41) is 14.9. The van der Waals surface area contributed by atoms with Gasteiger partial charge < -0.3 is 9.73 Å². The summed E-state index contributed by atoms with van der Waals surface area (Å²) in [5.41, 5.74) is 1.29. The number of nitrogens with zero attached hydrogens (tertiary/aromatic N) is 2. The Bertz CT molecular complexity index is 781. The first-order chi connectivity index (χ1) is 10.9. The third-order valence-electron chi connectivity index (χ3n) is 4.01. The van der Waals surface area contributed by atoms with Crippen molar-refractivity contribution in [3.05, 3.63) is 53.9 Å². The van der Waals surface area contributed by atoms with Crippen LogP contribution in [0, 0.1) is 0 Å². The molecular weight excluding hydrogens is 330 g/mol. The van der Waals surface area contributed by atoms with Gasteiger partial charge in [-0.1, -0.05) is 54.2 Å². The molecule has 1 saturated heterocycles. The normalized spacial score (nSPS) is 17.3. The van der Waals surface area contributed by atoms with Crippen LogP contribution >= 0.6 is 24.2 Å². The van der Waals surface area contributed by atoms with Crippen LogP contribution in [0.5, 0.6) is 0 Å². The highest BCUT2D eigenvalue weighted by atomic mass is 35.5. The molecule has 3 aromatic rings. The van der Waals surface area contributed by atoms with Gasteiger partial charge >= 0.3 is 0 Å². The van der Waals surface area contributed by atoms with Gasteiger partial charge in [-0.25, -0.2) is 0 Å². The Kier molecular flexibility index (Phi) is 5.20. The molecule has 0 saturated carbocycles. The van der Waals surface area contributed by atoms with Crippen molar-refractivity contribution < 1.29 is 4.42 Å². The zero-order chi connectivity index (χ0) is 14.8. The number of benzene rings is 2. The lowest BCUT2D eigenvalue weighted by Gasteiger charge is -2.05. The average molecular weight is 348 g/mol. The number of fused-ring (bicyclic) bond motifs is 1. The van der Waals surface area contributed by atoms with E-state index in [0.29, 0.717) is 5.22 Å². The zero-order valence-corrected chi connectivity index (χ0v) is 14.2. The zero-order valence-electron chi connectivity index (χ0n) is 12.6. The van der Waals surface area contributed by atoms with Crippen molar-refractivity contribution in [2.24, 2.45) is 0 Å². The van der Waals surface area contributed by atoms with Gasteiger partial charge in [-0.3, -0.25) is 0 Å². The van der Waals surface area contributed by atoms with E-state index >= 15 is 0 Å². The minimum atomic E-state index is 0. The van der Waals surface area contributed by atoms with E-state index in [1.54, 1.807) is 11.8 Å². The summed E-state index contributed by atoms with van der Waals surface area (Å²) in [7, 11) is 0. The highest BCUT2D eigenvalue weighted by Gasteiger charge is 2.22. The second-order valence-electron chi connectivity index (χ2n) is 5.48. The molecule has 23 heavy (non-hydrogen) atoms. The first-order valence-electron chi connectivity index (χ1n) is 7.56. The molecule has 2 aromatic carbocycles. The second kappa shape index (κ2) is 7.34. The molecule has 4 rings (SSSR count). The molecular formula is C17H18ClN3OS. The molecule has 1 aromatic heterocycles. The van der Waals surface area contributed by atoms with Gasteiger partial charge in [0.2, 0.25) is 5.89 Å². The van der Waals surface area contributed by atoms with Gasteiger partial charge in [0.25, 0.3) is 5.22 Å². The van der Waals surface area contributed by atoms with Crippen LogP contribution in [0.25, 0.3) is 10.8 Å². The third-order valence-corrected chi connectivity index (χ3v) is 4.88. The summed E-state index contributed by atoms with van der Waals surface area (Å²) in [4.78, 5) is 0. The molecule has 0 radical (unpaired) electrons. The van der Waals surface area contributed by atoms with Crippen molar-refractivity contribution in [3.63, 3.8) is 0 Å². The van der Waals surface area contributed by atoms with Crippen molar-refractivity contribution in [2.75, 3.05) is 6.54 Å². The van der Waals surface area contributed by atoms with Gasteiger partial charge in [0.1, 0.15) is 0 Å². The van der Waals surface area contributed by atoms with Gasteiger partial charge in [0.15, 0.2) is 0 Å². The summed E-state index contributed by atoms with van der Waals surface area (Å²) in [6.45, 7) is 1.03. The number of aromatic nitrogens is 2. The van der Waals surface area contributed by atoms with E-state index < -0.39 is 0 Å². The Morgan fingerprint density at radius 1 is 1.13 bits per heavy atom. The maximum absolute atomic E-state index is 5.78. The second-order valence-corrected chi connectivity index (χ2v) is 6.41. The standard InChI is InChI=1S/C17H17N3OS.ClH/c1-2-8-14-12(5-1)6-3-7-13(14)11-22-17-20-19-16(21-17)15-9-4-10-18-15;/h1-3,5-8,15,18H,4,9-11H2;1H/t15-;/m0./s1. The molecule has 0 bridgehead atoms. The predicted molar refractivity (Wildman–Crippen MR) is 95.0 cm³/mol. The van der Waals surface area contributed by atoms with Crippen LogP contribution < -0.4 is 5.32 Å². The molecule has 6 heteroatoms. The highest BCUT2D eigenvalue weighted by molar-refractivity contribution is 7.98. The minimum absolute atomic E-state index is 0. The minimum Gasteiger partial charge on any atom is -0.414 e. The molecule has 120 valence electrons. The lowest BCUT2D eigenvalue weighted by molar-refractivity contribution is 0.374. The van der Waals surface area contributed by atoms with Crippen molar-refractivity contribution in [3.8, 4) is 0 Å². The SMILES string of the molecule is Cl.c1ccc2c(CSc3nnc([C@@H]4CCCN4)o3)cccc2c1. The maximum atomic E-state index is 5.78. The molecule has 4 nitrogen and oxygen atoms in total. The number of hydrogen-bond donors (Lipinski definition) is 1. The Labute approximate surface area is 145 Å². The summed E-state index contributed by atoms with van der Waals surface area (Å²) < 4.78 is 5.78. The van der Waals surface area contributed by atoms with Crippen LogP contribution in [0.3, 0.4) is 0 Å². The Balaban J connectivity index is 0.00000156. The van der Waals surface area contributed by atoms with Crippen LogP contribution in [-0.2, 0) is 5.75 Å². The van der Waals surface area contributed by atoms with Crippen molar-refractivity contribution in [2.45, 2.75) is 29.9 Å². The van der Waals surface area contributed by atoms with Crippen molar-refractivity contribution >= 4 is 34.9 Å². The van der Waals surface area contributed by atoms with Crippen molar-refractivity contribution in [1.29, 1.82) is 0 Å². The van der Waals surface area contributed by atoms with Crippen LogP contribution in [0.1, 0.15) is 30.3 Å². The van der Waals surface area contributed by atoms with Gasteiger partial charge in [0, 0.05) is 5.75 Å². The average Bonchev–Trinajstić information content (AvgIpc) is 3.24. The van der Waals surface area contributed by atoms with E-state index in [9.17, 15) is 0 Å². The Morgan fingerprint density at radius 3 is 2.87 bits per heavy atom. The highest BCUT2D eigenvalue weighted by Crippen LogP contribution is 2.29. The Hall–Kier alpha value is -1.56. The van der Waals surface area contributed by atoms with Gasteiger partial charge in [0.05, 0.1) is 6.04 Å². The predicted octanol–water partition coefficient (Wildman–Crippen LogP) is 4.36. The third kappa shape index (κ3) is 3.52. The van der Waals surface area contributed by atoms with E-state index in [1.807, 2.05) is 0 Å². The van der Waals surface area contributed by atoms with E-state index in [-0.39, 0.29) is 18.4 Å². The number of nitrogens with one attached hydrogen (secondary N) is 1. The molecule has 0 spiro atoms. The topological polar surface area (TPSA) is 51.0 Å². The molecule has 2 heterocycles. The molecule has 0 aliphatic carbocycles. The smallest absolute Gasteiger partial charge is 0.276 e. The molecule has 1 aliphatic rings. The van der Waals surface area contributed by atoms with Crippen LogP contribution in [0.4, 0.5) is 0 Å². The number of thioether (sulfide) groups is 1. The lowest BCUT2D eigenvalue weighted by Crippen LogP contribution is -2.12. The molecule has 1 N–H and O–H groups in total.